The van der Waals surface area contributed by atoms with Crippen molar-refractivity contribution < 1.29 is 23.0 Å². The molecule has 0 aliphatic carbocycles. The standard InChI is InChI=1S/C14H14Si.Hf/c1-11-3-7-13(8-4-11)15-14-9-5-12(2)6-10-14;/h3-10H,1-2H3;/q;+2. The molecule has 0 aliphatic heterocycles. The van der Waals surface area contributed by atoms with Crippen molar-refractivity contribution in [1.82, 2.24) is 0 Å². The van der Waals surface area contributed by atoms with E-state index in [1.807, 2.05) is 0 Å². The molecule has 0 saturated heterocycles. The van der Waals surface area contributed by atoms with Gasteiger partial charge in [0.15, 0.2) is 0 Å². The van der Waals surface area contributed by atoms with E-state index < -0.39 is 5.49 Å². The topological polar surface area (TPSA) is 0 Å². The van der Waals surface area contributed by atoms with Crippen LogP contribution in [0.1, 0.15) is 11.1 Å². The van der Waals surface area contributed by atoms with E-state index in [0.717, 1.165) is 0 Å². The summed E-state index contributed by atoms with van der Waals surface area (Å²) in [6.45, 7) is 4.30. The monoisotopic (exact) mass is 390 g/mol. The van der Waals surface area contributed by atoms with Gasteiger partial charge in [0.05, 0.1) is 0 Å². The molecule has 76 valence electrons. The summed E-state index contributed by atoms with van der Waals surface area (Å²) in [5, 5.41) is 3.09. The van der Waals surface area contributed by atoms with Crippen LogP contribution in [0.5, 0.6) is 0 Å². The minimum absolute atomic E-state index is 0.439. The third kappa shape index (κ3) is 2.80. The van der Waals surface area contributed by atoms with Crippen LogP contribution in [-0.2, 0) is 23.0 Å². The van der Waals surface area contributed by atoms with E-state index in [0.29, 0.717) is 0 Å². The van der Waals surface area contributed by atoms with Gasteiger partial charge >= 0.3 is 112 Å². The van der Waals surface area contributed by atoms with Crippen LogP contribution >= 0.6 is 0 Å². The van der Waals surface area contributed by atoms with Gasteiger partial charge in [0.1, 0.15) is 0 Å². The normalized spacial score (nSPS) is 10.2. The predicted molar refractivity (Wildman–Crippen MR) is 67.4 cm³/mol. The first-order valence-electron chi connectivity index (χ1n) is 5.39. The van der Waals surface area contributed by atoms with Gasteiger partial charge in [-0.05, 0) is 0 Å². The molecular weight excluding hydrogens is 375 g/mol. The number of hydrogen-bond acceptors (Lipinski definition) is 0. The maximum atomic E-state index is 2.30. The molecule has 0 radical (unpaired) electrons. The van der Waals surface area contributed by atoms with E-state index in [1.165, 1.54) is 34.1 Å². The minimum atomic E-state index is -0.439. The van der Waals surface area contributed by atoms with Gasteiger partial charge in [-0.1, -0.05) is 0 Å². The second kappa shape index (κ2) is 5.24. The molecule has 2 heteroatoms. The SMILES string of the molecule is Cc1ccc([Si](=[Hf+2])c2ccc(C)cc2)cc1. The first-order valence-corrected chi connectivity index (χ1v) is 12.3. The third-order valence-corrected chi connectivity index (χ3v) is 10.7. The molecule has 0 amide bonds. The Morgan fingerprint density at radius 3 is 1.31 bits per heavy atom. The van der Waals surface area contributed by atoms with E-state index in [-0.39, 0.29) is 0 Å². The van der Waals surface area contributed by atoms with Crippen LogP contribution in [0, 0.1) is 13.8 Å². The number of rotatable bonds is 2. The maximum absolute atomic E-state index is 2.30. The Hall–Kier alpha value is -0.473. The zero-order valence-corrected chi connectivity index (χ0v) is 14.2. The van der Waals surface area contributed by atoms with Gasteiger partial charge in [0.25, 0.3) is 0 Å². The molecule has 0 bridgehead atoms. The summed E-state index contributed by atoms with van der Waals surface area (Å²) in [5.41, 5.74) is 2.26. The first-order chi connectivity index (χ1) is 7.66. The van der Waals surface area contributed by atoms with Crippen molar-refractivity contribution in [3.8, 4) is 0 Å². The zero-order valence-electron chi connectivity index (χ0n) is 9.62. The molecular formula is C14H14HfSi+2. The Balaban J connectivity index is 2.32. The second-order valence-corrected chi connectivity index (χ2v) is 11.4. The summed E-state index contributed by atoms with van der Waals surface area (Å²) in [7, 11) is 0. The van der Waals surface area contributed by atoms with E-state index in [2.05, 4.69) is 62.4 Å². The van der Waals surface area contributed by atoms with Crippen LogP contribution in [0.4, 0.5) is 0 Å². The zero-order chi connectivity index (χ0) is 11.5. The predicted octanol–water partition coefficient (Wildman–Crippen LogP) is 1.96. The van der Waals surface area contributed by atoms with Gasteiger partial charge in [-0.15, -0.1) is 0 Å². The summed E-state index contributed by atoms with van der Waals surface area (Å²) in [6, 6.07) is 18.1. The molecule has 0 atom stereocenters. The van der Waals surface area contributed by atoms with Crippen LogP contribution in [0.2, 0.25) is 0 Å². The summed E-state index contributed by atoms with van der Waals surface area (Å²) < 4.78 is 0. The summed E-state index contributed by atoms with van der Waals surface area (Å²) >= 11 is 1.26. The summed E-state index contributed by atoms with van der Waals surface area (Å²) in [6.07, 6.45) is 0. The molecule has 0 saturated carbocycles. The van der Waals surface area contributed by atoms with E-state index in [4.69, 9.17) is 0 Å². The second-order valence-electron chi connectivity index (χ2n) is 4.11. The summed E-state index contributed by atoms with van der Waals surface area (Å²) in [5.74, 6) is 0. The van der Waals surface area contributed by atoms with E-state index in [9.17, 15) is 0 Å². The Labute approximate surface area is 112 Å². The molecule has 0 spiro atoms. The van der Waals surface area contributed by atoms with Crippen molar-refractivity contribution in [3.05, 3.63) is 59.7 Å². The number of benzene rings is 2. The molecule has 16 heavy (non-hydrogen) atoms. The van der Waals surface area contributed by atoms with E-state index >= 15 is 0 Å². The van der Waals surface area contributed by atoms with Crippen LogP contribution in [0.25, 0.3) is 0 Å². The molecule has 0 fully saturated rings. The molecule has 0 aromatic heterocycles. The van der Waals surface area contributed by atoms with Crippen LogP contribution in [-0.4, -0.2) is 5.49 Å². The fraction of sp³-hybridized carbons (Fsp3) is 0.143. The Morgan fingerprint density at radius 2 is 1.00 bits per heavy atom. The van der Waals surface area contributed by atoms with Crippen LogP contribution in [0.15, 0.2) is 48.5 Å². The fourth-order valence-electron chi connectivity index (χ4n) is 1.61. The van der Waals surface area contributed by atoms with Crippen molar-refractivity contribution in [1.29, 1.82) is 0 Å². The Morgan fingerprint density at radius 1 is 0.688 bits per heavy atom. The van der Waals surface area contributed by atoms with Gasteiger partial charge in [-0.25, -0.2) is 0 Å². The van der Waals surface area contributed by atoms with Gasteiger partial charge in [0.2, 0.25) is 0 Å². The van der Waals surface area contributed by atoms with Gasteiger partial charge in [0, 0.05) is 0 Å². The van der Waals surface area contributed by atoms with Crippen molar-refractivity contribution >= 4 is 15.9 Å². The molecule has 0 aliphatic rings. The third-order valence-electron chi connectivity index (χ3n) is 2.68. The van der Waals surface area contributed by atoms with Gasteiger partial charge in [-0.2, -0.15) is 0 Å². The van der Waals surface area contributed by atoms with Crippen LogP contribution in [0.3, 0.4) is 0 Å². The molecule has 2 rings (SSSR count). The van der Waals surface area contributed by atoms with Gasteiger partial charge < -0.3 is 0 Å². The molecule has 0 N–H and O–H groups in total. The fourth-order valence-corrected chi connectivity index (χ4v) is 6.53. The Kier molecular flexibility index (Phi) is 3.93. The molecule has 0 heterocycles. The van der Waals surface area contributed by atoms with Crippen molar-refractivity contribution in [3.63, 3.8) is 0 Å². The average Bonchev–Trinajstić information content (AvgIpc) is 2.30. The van der Waals surface area contributed by atoms with Crippen molar-refractivity contribution in [2.45, 2.75) is 13.8 Å². The van der Waals surface area contributed by atoms with Crippen molar-refractivity contribution in [2.75, 3.05) is 0 Å². The van der Waals surface area contributed by atoms with E-state index in [1.54, 1.807) is 10.4 Å². The average molecular weight is 389 g/mol. The molecule has 2 aromatic carbocycles. The summed E-state index contributed by atoms with van der Waals surface area (Å²) in [4.78, 5) is 0. The van der Waals surface area contributed by atoms with Gasteiger partial charge in [-0.3, -0.25) is 0 Å². The van der Waals surface area contributed by atoms with Crippen LogP contribution < -0.4 is 10.4 Å². The quantitative estimate of drug-likeness (QED) is 0.690. The molecule has 0 unspecified atom stereocenters. The molecule has 2 aromatic rings. The first kappa shape index (κ1) is 12.0. The molecule has 0 nitrogen and oxygen atoms in total. The number of hydrogen-bond donors (Lipinski definition) is 0. The number of aryl methyl sites for hydroxylation is 2. The Bertz CT molecular complexity index is 450. The van der Waals surface area contributed by atoms with Crippen molar-refractivity contribution in [2.24, 2.45) is 0 Å².